The molecule has 2 aromatic rings. The van der Waals surface area contributed by atoms with E-state index in [1.165, 1.54) is 36.7 Å². The van der Waals surface area contributed by atoms with Gasteiger partial charge in [0.1, 0.15) is 5.75 Å². The molecule has 6 nitrogen and oxygen atoms in total. The molecule has 0 saturated heterocycles. The molecule has 0 atom stereocenters. The zero-order valence-electron chi connectivity index (χ0n) is 13.7. The van der Waals surface area contributed by atoms with Crippen molar-refractivity contribution in [2.45, 2.75) is 12.5 Å². The fraction of sp³-hybridized carbons (Fsp3) is 0.100. The van der Waals surface area contributed by atoms with Crippen LogP contribution >= 0.6 is 0 Å². The van der Waals surface area contributed by atoms with Crippen LogP contribution in [0.4, 0.5) is 0 Å². The van der Waals surface area contributed by atoms with Crippen LogP contribution in [-0.2, 0) is 16.1 Å². The summed E-state index contributed by atoms with van der Waals surface area (Å²) in [5, 5.41) is 28.7. The molecule has 1 aliphatic heterocycles. The van der Waals surface area contributed by atoms with Crippen LogP contribution < -0.4 is 0 Å². The molecule has 0 unspecified atom stereocenters. The van der Waals surface area contributed by atoms with E-state index >= 15 is 0 Å². The summed E-state index contributed by atoms with van der Waals surface area (Å²) in [7, 11) is 0. The second-order valence-corrected chi connectivity index (χ2v) is 5.96. The third-order valence-electron chi connectivity index (χ3n) is 4.16. The first-order valence-corrected chi connectivity index (χ1v) is 7.94. The van der Waals surface area contributed by atoms with Gasteiger partial charge in [-0.15, -0.1) is 0 Å². The molecular formula is C20H17NO5. The van der Waals surface area contributed by atoms with Crippen molar-refractivity contribution in [3.8, 4) is 5.75 Å². The molecule has 0 spiro atoms. The normalized spacial score (nSPS) is 14.5. The van der Waals surface area contributed by atoms with Crippen LogP contribution in [0, 0.1) is 0 Å². The number of carbonyl (C=O) groups is 2. The average Bonchev–Trinajstić information content (AvgIpc) is 2.62. The maximum atomic E-state index is 11.8. The number of rotatable bonds is 5. The Balaban J connectivity index is 2.03. The highest BCUT2D eigenvalue weighted by molar-refractivity contribution is 5.97. The smallest absolute Gasteiger partial charge is 0.334 e. The van der Waals surface area contributed by atoms with Crippen molar-refractivity contribution in [1.82, 2.24) is 4.90 Å². The number of hydrogen-bond donors (Lipinski definition) is 3. The number of hydrogen-bond acceptors (Lipinski definition) is 4. The summed E-state index contributed by atoms with van der Waals surface area (Å²) in [4.78, 5) is 25.2. The lowest BCUT2D eigenvalue weighted by atomic mass is 9.83. The largest absolute Gasteiger partial charge is 0.508 e. The summed E-state index contributed by atoms with van der Waals surface area (Å²) in [5.41, 5.74) is 1.35. The number of carboxylic acid groups (broad SMARTS) is 2. The van der Waals surface area contributed by atoms with E-state index in [9.17, 15) is 24.9 Å². The van der Waals surface area contributed by atoms with Crippen LogP contribution in [0.25, 0.3) is 0 Å². The van der Waals surface area contributed by atoms with Crippen molar-refractivity contribution in [2.24, 2.45) is 0 Å². The average molecular weight is 351 g/mol. The van der Waals surface area contributed by atoms with Crippen LogP contribution in [-0.4, -0.2) is 32.2 Å². The molecule has 0 aliphatic carbocycles. The van der Waals surface area contributed by atoms with Crippen LogP contribution in [0.3, 0.4) is 0 Å². The van der Waals surface area contributed by atoms with Gasteiger partial charge in [0.25, 0.3) is 0 Å². The Bertz CT molecular complexity index is 852. The number of nitrogens with zero attached hydrogens (tertiary/aromatic N) is 1. The molecule has 0 amide bonds. The molecule has 3 rings (SSSR count). The van der Waals surface area contributed by atoms with Gasteiger partial charge in [-0.2, -0.15) is 0 Å². The summed E-state index contributed by atoms with van der Waals surface area (Å²) in [6.07, 6.45) is 2.92. The Kier molecular flexibility index (Phi) is 4.75. The highest BCUT2D eigenvalue weighted by Gasteiger charge is 2.33. The molecule has 0 bridgehead atoms. The number of phenols is 1. The van der Waals surface area contributed by atoms with Gasteiger partial charge >= 0.3 is 11.9 Å². The highest BCUT2D eigenvalue weighted by Crippen LogP contribution is 2.37. The highest BCUT2D eigenvalue weighted by atomic mass is 16.4. The number of phenolic OH excluding ortho intramolecular Hbond substituents is 1. The van der Waals surface area contributed by atoms with Gasteiger partial charge in [-0.1, -0.05) is 42.5 Å². The monoisotopic (exact) mass is 351 g/mol. The first kappa shape index (κ1) is 17.3. The van der Waals surface area contributed by atoms with Gasteiger partial charge in [-0.25, -0.2) is 9.59 Å². The standard InChI is InChI=1S/C20H17NO5/c22-15-8-6-14(7-9-15)18-16(19(23)24)11-21(12-17(18)20(25)26)10-13-4-2-1-3-5-13/h1-9,11-12,18,22H,10H2,(H,23,24)(H,25,26). The van der Waals surface area contributed by atoms with Crippen LogP contribution in [0.15, 0.2) is 78.1 Å². The van der Waals surface area contributed by atoms with Gasteiger partial charge in [0.15, 0.2) is 0 Å². The van der Waals surface area contributed by atoms with E-state index in [4.69, 9.17) is 0 Å². The second-order valence-electron chi connectivity index (χ2n) is 5.96. The number of benzene rings is 2. The predicted molar refractivity (Wildman–Crippen MR) is 94.3 cm³/mol. The maximum absolute atomic E-state index is 11.8. The summed E-state index contributed by atoms with van der Waals surface area (Å²) in [6, 6.07) is 15.2. The van der Waals surface area contributed by atoms with E-state index in [1.54, 1.807) is 4.90 Å². The van der Waals surface area contributed by atoms with Crippen LogP contribution in [0.1, 0.15) is 17.0 Å². The summed E-state index contributed by atoms with van der Waals surface area (Å²) in [5.74, 6) is -3.27. The molecule has 0 saturated carbocycles. The predicted octanol–water partition coefficient (Wildman–Crippen LogP) is 2.93. The Morgan fingerprint density at radius 3 is 1.88 bits per heavy atom. The molecule has 0 aromatic heterocycles. The van der Waals surface area contributed by atoms with E-state index in [-0.39, 0.29) is 16.9 Å². The topological polar surface area (TPSA) is 98.1 Å². The van der Waals surface area contributed by atoms with Crippen molar-refractivity contribution in [3.63, 3.8) is 0 Å². The summed E-state index contributed by atoms with van der Waals surface area (Å²) >= 11 is 0. The van der Waals surface area contributed by atoms with E-state index in [0.29, 0.717) is 12.1 Å². The molecule has 3 N–H and O–H groups in total. The third-order valence-corrected chi connectivity index (χ3v) is 4.16. The quantitative estimate of drug-likeness (QED) is 0.766. The lowest BCUT2D eigenvalue weighted by molar-refractivity contribution is -0.133. The molecule has 1 heterocycles. The molecule has 1 aliphatic rings. The minimum atomic E-state index is -1.19. The van der Waals surface area contributed by atoms with Gasteiger partial charge in [0.2, 0.25) is 0 Å². The summed E-state index contributed by atoms with van der Waals surface area (Å²) < 4.78 is 0. The van der Waals surface area contributed by atoms with E-state index in [1.807, 2.05) is 30.3 Å². The van der Waals surface area contributed by atoms with Crippen molar-refractivity contribution in [1.29, 1.82) is 0 Å². The van der Waals surface area contributed by atoms with E-state index in [0.717, 1.165) is 5.56 Å². The first-order valence-electron chi connectivity index (χ1n) is 7.94. The molecular weight excluding hydrogens is 334 g/mol. The Hall–Kier alpha value is -3.54. The van der Waals surface area contributed by atoms with Crippen LogP contribution in [0.5, 0.6) is 5.75 Å². The van der Waals surface area contributed by atoms with Gasteiger partial charge in [0, 0.05) is 18.9 Å². The van der Waals surface area contributed by atoms with E-state index in [2.05, 4.69) is 0 Å². The van der Waals surface area contributed by atoms with Gasteiger partial charge in [-0.3, -0.25) is 0 Å². The number of aliphatic carboxylic acids is 2. The van der Waals surface area contributed by atoms with Crippen molar-refractivity contribution in [2.75, 3.05) is 0 Å². The summed E-state index contributed by atoms with van der Waals surface area (Å²) in [6.45, 7) is 0.358. The van der Waals surface area contributed by atoms with Gasteiger partial charge in [0.05, 0.1) is 17.1 Å². The lowest BCUT2D eigenvalue weighted by Crippen LogP contribution is -2.27. The number of aromatic hydroxyl groups is 1. The minimum absolute atomic E-state index is 0.0250. The lowest BCUT2D eigenvalue weighted by Gasteiger charge is -2.29. The Morgan fingerprint density at radius 1 is 0.846 bits per heavy atom. The van der Waals surface area contributed by atoms with Crippen molar-refractivity contribution < 1.29 is 24.9 Å². The minimum Gasteiger partial charge on any atom is -0.508 e. The molecule has 0 radical (unpaired) electrons. The van der Waals surface area contributed by atoms with E-state index < -0.39 is 17.9 Å². The fourth-order valence-electron chi connectivity index (χ4n) is 2.98. The zero-order valence-corrected chi connectivity index (χ0v) is 13.7. The first-order chi connectivity index (χ1) is 12.5. The van der Waals surface area contributed by atoms with Crippen molar-refractivity contribution in [3.05, 3.63) is 89.3 Å². The van der Waals surface area contributed by atoms with Crippen LogP contribution in [0.2, 0.25) is 0 Å². The fourth-order valence-corrected chi connectivity index (χ4v) is 2.98. The molecule has 2 aromatic carbocycles. The molecule has 26 heavy (non-hydrogen) atoms. The zero-order chi connectivity index (χ0) is 18.7. The number of carboxylic acids is 2. The van der Waals surface area contributed by atoms with Gasteiger partial charge < -0.3 is 20.2 Å². The molecule has 0 fully saturated rings. The third kappa shape index (κ3) is 3.59. The van der Waals surface area contributed by atoms with Gasteiger partial charge in [-0.05, 0) is 23.3 Å². The Labute approximate surface area is 149 Å². The SMILES string of the molecule is O=C(O)C1=CN(Cc2ccccc2)C=C(C(=O)O)C1c1ccc(O)cc1. The maximum Gasteiger partial charge on any atom is 0.334 e. The molecule has 132 valence electrons. The Morgan fingerprint density at radius 2 is 1.38 bits per heavy atom. The van der Waals surface area contributed by atoms with Crippen molar-refractivity contribution >= 4 is 11.9 Å². The second kappa shape index (κ2) is 7.14. The molecule has 6 heteroatoms.